The van der Waals surface area contributed by atoms with Crippen LogP contribution in [0.25, 0.3) is 11.3 Å². The molecule has 1 atom stereocenters. The second kappa shape index (κ2) is 4.95. The highest BCUT2D eigenvalue weighted by molar-refractivity contribution is 7.71. The Morgan fingerprint density at radius 1 is 1.33 bits per heavy atom. The molecule has 0 bridgehead atoms. The Morgan fingerprint density at radius 2 is 2.05 bits per heavy atom. The molecule has 1 aromatic heterocycles. The first-order chi connectivity index (χ1) is 10.0. The zero-order valence-electron chi connectivity index (χ0n) is 12.7. The van der Waals surface area contributed by atoms with Crippen LogP contribution in [0.1, 0.15) is 38.3 Å². The zero-order valence-corrected chi connectivity index (χ0v) is 13.5. The molecule has 21 heavy (non-hydrogen) atoms. The lowest BCUT2D eigenvalue weighted by molar-refractivity contribution is 0.434. The summed E-state index contributed by atoms with van der Waals surface area (Å²) in [6, 6.07) is 8.29. The summed E-state index contributed by atoms with van der Waals surface area (Å²) in [5.74, 6) is 0. The predicted molar refractivity (Wildman–Crippen MR) is 88.3 cm³/mol. The smallest absolute Gasteiger partial charge is 0.258 e. The van der Waals surface area contributed by atoms with E-state index in [1.54, 1.807) is 4.57 Å². The van der Waals surface area contributed by atoms with Gasteiger partial charge in [-0.3, -0.25) is 9.36 Å². The van der Waals surface area contributed by atoms with Crippen molar-refractivity contribution in [3.63, 3.8) is 0 Å². The van der Waals surface area contributed by atoms with Crippen LogP contribution in [-0.2, 0) is 18.4 Å². The molecule has 0 fully saturated rings. The number of aromatic nitrogens is 2. The SMILES string of the molecule is CCn1c(=S)[nH]c2c(c1=O)[C@@](C)(CC)Cc1ccccc1-2. The van der Waals surface area contributed by atoms with Crippen LogP contribution in [0.5, 0.6) is 0 Å². The molecule has 1 aliphatic rings. The Bertz CT molecular complexity index is 818. The van der Waals surface area contributed by atoms with E-state index in [0.717, 1.165) is 29.7 Å². The molecule has 3 rings (SSSR count). The number of aromatic amines is 1. The summed E-state index contributed by atoms with van der Waals surface area (Å²) in [6.45, 7) is 6.88. The summed E-state index contributed by atoms with van der Waals surface area (Å²) in [5, 5.41) is 0. The summed E-state index contributed by atoms with van der Waals surface area (Å²) < 4.78 is 2.17. The molecular formula is C17H20N2OS. The van der Waals surface area contributed by atoms with Crippen LogP contribution < -0.4 is 5.56 Å². The van der Waals surface area contributed by atoms with Crippen molar-refractivity contribution in [2.75, 3.05) is 0 Å². The molecule has 0 saturated carbocycles. The molecular weight excluding hydrogens is 280 g/mol. The Balaban J connectivity index is 2.46. The highest BCUT2D eigenvalue weighted by Gasteiger charge is 2.37. The van der Waals surface area contributed by atoms with Crippen molar-refractivity contribution in [3.8, 4) is 11.3 Å². The molecule has 3 nitrogen and oxygen atoms in total. The van der Waals surface area contributed by atoms with E-state index < -0.39 is 0 Å². The maximum absolute atomic E-state index is 12.9. The lowest BCUT2D eigenvalue weighted by Crippen LogP contribution is -2.39. The molecule has 4 heteroatoms. The van der Waals surface area contributed by atoms with Crippen molar-refractivity contribution in [2.45, 2.75) is 45.6 Å². The predicted octanol–water partition coefficient (Wildman–Crippen LogP) is 3.82. The molecule has 0 spiro atoms. The second-order valence-electron chi connectivity index (χ2n) is 5.98. The maximum atomic E-state index is 12.9. The van der Waals surface area contributed by atoms with Crippen LogP contribution in [-0.4, -0.2) is 9.55 Å². The van der Waals surface area contributed by atoms with Crippen molar-refractivity contribution in [2.24, 2.45) is 0 Å². The van der Waals surface area contributed by atoms with E-state index in [0.29, 0.717) is 11.3 Å². The molecule has 110 valence electrons. The molecule has 1 heterocycles. The lowest BCUT2D eigenvalue weighted by atomic mass is 9.69. The Hall–Kier alpha value is -1.68. The second-order valence-corrected chi connectivity index (χ2v) is 6.36. The van der Waals surface area contributed by atoms with E-state index in [9.17, 15) is 4.79 Å². The molecule has 0 radical (unpaired) electrons. The van der Waals surface area contributed by atoms with Gasteiger partial charge in [0.05, 0.1) is 5.69 Å². The lowest BCUT2D eigenvalue weighted by Gasteiger charge is -2.35. The Labute approximate surface area is 129 Å². The molecule has 0 amide bonds. The number of fused-ring (bicyclic) bond motifs is 3. The summed E-state index contributed by atoms with van der Waals surface area (Å²) in [7, 11) is 0. The van der Waals surface area contributed by atoms with E-state index >= 15 is 0 Å². The normalized spacial score (nSPS) is 20.0. The monoisotopic (exact) mass is 300 g/mol. The zero-order chi connectivity index (χ0) is 15.2. The molecule has 1 aromatic carbocycles. The number of hydrogen-bond donors (Lipinski definition) is 1. The van der Waals surface area contributed by atoms with E-state index in [-0.39, 0.29) is 11.0 Å². The van der Waals surface area contributed by atoms with Gasteiger partial charge in [0.15, 0.2) is 4.77 Å². The number of nitrogens with zero attached hydrogens (tertiary/aromatic N) is 1. The minimum Gasteiger partial charge on any atom is -0.331 e. The fraction of sp³-hybridized carbons (Fsp3) is 0.412. The minimum absolute atomic E-state index is 0.0649. The quantitative estimate of drug-likeness (QED) is 0.856. The number of benzene rings is 1. The van der Waals surface area contributed by atoms with Gasteiger partial charge < -0.3 is 4.98 Å². The average Bonchev–Trinajstić information content (AvgIpc) is 2.47. The van der Waals surface area contributed by atoms with E-state index in [2.05, 4.69) is 37.0 Å². The van der Waals surface area contributed by atoms with Crippen LogP contribution >= 0.6 is 12.2 Å². The number of H-pyrrole nitrogens is 1. The Kier molecular flexibility index (Phi) is 3.36. The highest BCUT2D eigenvalue weighted by Crippen LogP contribution is 2.42. The van der Waals surface area contributed by atoms with Crippen molar-refractivity contribution in [1.82, 2.24) is 9.55 Å². The summed E-state index contributed by atoms with van der Waals surface area (Å²) in [5.41, 5.74) is 4.13. The van der Waals surface area contributed by atoms with Gasteiger partial charge in [-0.05, 0) is 37.5 Å². The van der Waals surface area contributed by atoms with Crippen molar-refractivity contribution in [1.29, 1.82) is 0 Å². The first-order valence-corrected chi connectivity index (χ1v) is 7.88. The van der Waals surface area contributed by atoms with Gasteiger partial charge in [-0.25, -0.2) is 0 Å². The van der Waals surface area contributed by atoms with E-state index in [1.807, 2.05) is 13.0 Å². The van der Waals surface area contributed by atoms with Gasteiger partial charge in [-0.15, -0.1) is 0 Å². The van der Waals surface area contributed by atoms with Crippen LogP contribution in [0, 0.1) is 4.77 Å². The number of rotatable bonds is 2. The third-order valence-corrected chi connectivity index (χ3v) is 5.08. The van der Waals surface area contributed by atoms with E-state index in [1.165, 1.54) is 5.56 Å². The Morgan fingerprint density at radius 3 is 2.71 bits per heavy atom. The fourth-order valence-electron chi connectivity index (χ4n) is 3.35. The third-order valence-electron chi connectivity index (χ3n) is 4.75. The van der Waals surface area contributed by atoms with Gasteiger partial charge in [0.2, 0.25) is 0 Å². The van der Waals surface area contributed by atoms with Crippen LogP contribution in [0.2, 0.25) is 0 Å². The van der Waals surface area contributed by atoms with Crippen molar-refractivity contribution < 1.29 is 0 Å². The van der Waals surface area contributed by atoms with Crippen LogP contribution in [0.3, 0.4) is 0 Å². The first kappa shape index (κ1) is 14.3. The molecule has 0 saturated heterocycles. The van der Waals surface area contributed by atoms with Gasteiger partial charge in [0.1, 0.15) is 0 Å². The molecule has 0 aliphatic heterocycles. The van der Waals surface area contributed by atoms with Gasteiger partial charge >= 0.3 is 0 Å². The van der Waals surface area contributed by atoms with Crippen LogP contribution in [0.4, 0.5) is 0 Å². The molecule has 2 aromatic rings. The van der Waals surface area contributed by atoms with E-state index in [4.69, 9.17) is 12.2 Å². The standard InChI is InChI=1S/C17H20N2OS/c1-4-17(3)10-11-8-6-7-9-12(11)14-13(17)15(20)19(5-2)16(21)18-14/h6-9H,4-5,10H2,1-3H3,(H,18,21)/t17-/m0/s1. The third kappa shape index (κ3) is 2.01. The fourth-order valence-corrected chi connectivity index (χ4v) is 3.66. The number of hydrogen-bond acceptors (Lipinski definition) is 2. The molecule has 1 N–H and O–H groups in total. The molecule has 0 unspecified atom stereocenters. The summed E-state index contributed by atoms with van der Waals surface area (Å²) >= 11 is 5.37. The topological polar surface area (TPSA) is 37.8 Å². The van der Waals surface area contributed by atoms with Crippen molar-refractivity contribution in [3.05, 3.63) is 50.5 Å². The number of nitrogens with one attached hydrogen (secondary N) is 1. The van der Waals surface area contributed by atoms with Gasteiger partial charge in [0, 0.05) is 23.1 Å². The van der Waals surface area contributed by atoms with Gasteiger partial charge in [-0.2, -0.15) is 0 Å². The average molecular weight is 300 g/mol. The minimum atomic E-state index is -0.142. The highest BCUT2D eigenvalue weighted by atomic mass is 32.1. The summed E-state index contributed by atoms with van der Waals surface area (Å²) in [4.78, 5) is 16.2. The molecule has 1 aliphatic carbocycles. The van der Waals surface area contributed by atoms with Gasteiger partial charge in [0.25, 0.3) is 5.56 Å². The maximum Gasteiger partial charge on any atom is 0.258 e. The summed E-state index contributed by atoms with van der Waals surface area (Å²) in [6.07, 6.45) is 1.83. The van der Waals surface area contributed by atoms with Gasteiger partial charge in [-0.1, -0.05) is 38.1 Å². The van der Waals surface area contributed by atoms with Crippen molar-refractivity contribution >= 4 is 12.2 Å². The van der Waals surface area contributed by atoms with Crippen LogP contribution in [0.15, 0.2) is 29.1 Å². The first-order valence-electron chi connectivity index (χ1n) is 7.47. The largest absolute Gasteiger partial charge is 0.331 e.